The van der Waals surface area contributed by atoms with E-state index in [1.165, 1.54) is 0 Å². The van der Waals surface area contributed by atoms with Crippen molar-refractivity contribution in [1.82, 2.24) is 15.5 Å². The van der Waals surface area contributed by atoms with E-state index in [9.17, 15) is 9.59 Å². The first-order chi connectivity index (χ1) is 9.45. The van der Waals surface area contributed by atoms with Crippen LogP contribution in [-0.2, 0) is 9.59 Å². The normalized spacial score (nSPS) is 18.3. The van der Waals surface area contributed by atoms with Gasteiger partial charge in [-0.15, -0.1) is 12.4 Å². The number of nitrogens with one attached hydrogen (secondary N) is 2. The summed E-state index contributed by atoms with van der Waals surface area (Å²) in [5, 5.41) is 5.97. The van der Waals surface area contributed by atoms with Crippen molar-refractivity contribution in [3.05, 3.63) is 0 Å². The molecule has 2 atom stereocenters. The minimum absolute atomic E-state index is 0. The van der Waals surface area contributed by atoms with E-state index in [2.05, 4.69) is 17.6 Å². The minimum Gasteiger partial charge on any atom is -0.359 e. The molecule has 1 saturated heterocycles. The largest absolute Gasteiger partial charge is 0.359 e. The summed E-state index contributed by atoms with van der Waals surface area (Å²) in [6, 6.07) is 0. The number of hydrogen-bond acceptors (Lipinski definition) is 3. The van der Waals surface area contributed by atoms with E-state index in [0.29, 0.717) is 24.8 Å². The van der Waals surface area contributed by atoms with Crippen LogP contribution in [0.15, 0.2) is 0 Å². The first-order valence-electron chi connectivity index (χ1n) is 7.62. The number of carbonyl (C=O) groups is 2. The molecule has 2 amide bonds. The number of hydrogen-bond donors (Lipinski definition) is 2. The number of carbonyl (C=O) groups excluding carboxylic acids is 2. The average molecular weight is 320 g/mol. The van der Waals surface area contributed by atoms with E-state index >= 15 is 0 Å². The summed E-state index contributed by atoms with van der Waals surface area (Å²) in [4.78, 5) is 25.4. The van der Waals surface area contributed by atoms with Crippen LogP contribution in [0.2, 0.25) is 0 Å². The van der Waals surface area contributed by atoms with Crippen LogP contribution in [0.25, 0.3) is 0 Å². The average Bonchev–Trinajstić information content (AvgIpc) is 2.46. The Bertz CT molecular complexity index is 333. The quantitative estimate of drug-likeness (QED) is 0.775. The first-order valence-corrected chi connectivity index (χ1v) is 7.62. The lowest BCUT2D eigenvalue weighted by Gasteiger charge is -2.29. The molecule has 2 unspecified atom stereocenters. The highest BCUT2D eigenvalue weighted by Crippen LogP contribution is 2.24. The molecule has 5 nitrogen and oxygen atoms in total. The van der Waals surface area contributed by atoms with Gasteiger partial charge in [-0.1, -0.05) is 13.8 Å². The molecule has 0 bridgehead atoms. The topological polar surface area (TPSA) is 61.4 Å². The highest BCUT2D eigenvalue weighted by atomic mass is 35.5. The molecule has 0 saturated carbocycles. The van der Waals surface area contributed by atoms with Crippen molar-refractivity contribution in [3.8, 4) is 0 Å². The predicted molar refractivity (Wildman–Crippen MR) is 87.5 cm³/mol. The SMILES string of the molecule is CNC(=O)C(C)CN(C)C(=O)CC(C)C1CCNCC1.Cl. The second-order valence-corrected chi connectivity index (χ2v) is 6.06. The maximum Gasteiger partial charge on any atom is 0.224 e. The van der Waals surface area contributed by atoms with Crippen LogP contribution in [-0.4, -0.2) is 50.4 Å². The zero-order valence-corrected chi connectivity index (χ0v) is 14.5. The van der Waals surface area contributed by atoms with Gasteiger partial charge in [0.25, 0.3) is 0 Å². The highest BCUT2D eigenvalue weighted by Gasteiger charge is 2.24. The van der Waals surface area contributed by atoms with E-state index in [4.69, 9.17) is 0 Å². The molecule has 0 radical (unpaired) electrons. The van der Waals surface area contributed by atoms with Crippen molar-refractivity contribution < 1.29 is 9.59 Å². The number of nitrogens with zero attached hydrogens (tertiary/aromatic N) is 1. The third-order valence-corrected chi connectivity index (χ3v) is 4.35. The fourth-order valence-electron chi connectivity index (χ4n) is 2.85. The van der Waals surface area contributed by atoms with Crippen LogP contribution in [0.4, 0.5) is 0 Å². The van der Waals surface area contributed by atoms with Crippen molar-refractivity contribution in [2.45, 2.75) is 33.1 Å². The molecule has 1 rings (SSSR count). The maximum atomic E-state index is 12.2. The lowest BCUT2D eigenvalue weighted by Crippen LogP contribution is -2.39. The maximum absolute atomic E-state index is 12.2. The van der Waals surface area contributed by atoms with Crippen LogP contribution >= 0.6 is 12.4 Å². The highest BCUT2D eigenvalue weighted by molar-refractivity contribution is 5.85. The summed E-state index contributed by atoms with van der Waals surface area (Å²) in [7, 11) is 3.41. The van der Waals surface area contributed by atoms with Crippen molar-refractivity contribution in [2.75, 3.05) is 33.7 Å². The fourth-order valence-corrected chi connectivity index (χ4v) is 2.85. The Hall–Kier alpha value is -0.810. The second-order valence-electron chi connectivity index (χ2n) is 6.06. The van der Waals surface area contributed by atoms with Crippen LogP contribution in [0.5, 0.6) is 0 Å². The van der Waals surface area contributed by atoms with Crippen molar-refractivity contribution in [3.63, 3.8) is 0 Å². The molecule has 0 aromatic carbocycles. The van der Waals surface area contributed by atoms with Gasteiger partial charge in [-0.25, -0.2) is 0 Å². The van der Waals surface area contributed by atoms with Gasteiger partial charge in [0.2, 0.25) is 11.8 Å². The molecule has 2 N–H and O–H groups in total. The van der Waals surface area contributed by atoms with Gasteiger partial charge in [-0.05, 0) is 37.8 Å². The smallest absolute Gasteiger partial charge is 0.224 e. The zero-order valence-electron chi connectivity index (χ0n) is 13.6. The number of amides is 2. The van der Waals surface area contributed by atoms with E-state index in [-0.39, 0.29) is 30.1 Å². The van der Waals surface area contributed by atoms with Gasteiger partial charge >= 0.3 is 0 Å². The molecule has 1 aliphatic rings. The zero-order chi connectivity index (χ0) is 15.1. The van der Waals surface area contributed by atoms with E-state index in [1.54, 1.807) is 19.0 Å². The Morgan fingerprint density at radius 3 is 2.38 bits per heavy atom. The third kappa shape index (κ3) is 6.66. The standard InChI is InChI=1S/C15H29N3O2.ClH/c1-11(13-5-7-17-8-6-13)9-14(19)18(4)10-12(2)15(20)16-3;/h11-13,17H,5-10H2,1-4H3,(H,16,20);1H. The lowest BCUT2D eigenvalue weighted by atomic mass is 9.84. The second kappa shape index (κ2) is 10.0. The summed E-state index contributed by atoms with van der Waals surface area (Å²) >= 11 is 0. The first kappa shape index (κ1) is 20.2. The van der Waals surface area contributed by atoms with Crippen LogP contribution < -0.4 is 10.6 Å². The van der Waals surface area contributed by atoms with E-state index in [0.717, 1.165) is 25.9 Å². The number of halogens is 1. The molecular weight excluding hydrogens is 290 g/mol. The Kier molecular flexibility index (Phi) is 9.62. The molecule has 1 aliphatic heterocycles. The summed E-state index contributed by atoms with van der Waals surface area (Å²) < 4.78 is 0. The monoisotopic (exact) mass is 319 g/mol. The van der Waals surface area contributed by atoms with E-state index < -0.39 is 0 Å². The Labute approximate surface area is 134 Å². The molecule has 6 heteroatoms. The van der Waals surface area contributed by atoms with E-state index in [1.807, 2.05) is 6.92 Å². The Morgan fingerprint density at radius 2 is 1.86 bits per heavy atom. The van der Waals surface area contributed by atoms with Crippen molar-refractivity contribution in [2.24, 2.45) is 17.8 Å². The van der Waals surface area contributed by atoms with Gasteiger partial charge in [0.15, 0.2) is 0 Å². The van der Waals surface area contributed by atoms with Crippen molar-refractivity contribution >= 4 is 24.2 Å². The van der Waals surface area contributed by atoms with Crippen LogP contribution in [0, 0.1) is 17.8 Å². The molecular formula is C15H30ClN3O2. The van der Waals surface area contributed by atoms with Gasteiger partial charge in [0.05, 0.1) is 5.92 Å². The summed E-state index contributed by atoms with van der Waals surface area (Å²) in [5.41, 5.74) is 0. The molecule has 124 valence electrons. The molecule has 1 fully saturated rings. The van der Waals surface area contributed by atoms with Gasteiger partial charge in [0.1, 0.15) is 0 Å². The molecule has 0 spiro atoms. The van der Waals surface area contributed by atoms with Gasteiger partial charge in [-0.2, -0.15) is 0 Å². The number of piperidine rings is 1. The Morgan fingerprint density at radius 1 is 1.29 bits per heavy atom. The van der Waals surface area contributed by atoms with Gasteiger partial charge in [-0.3, -0.25) is 9.59 Å². The Balaban J connectivity index is 0.00000400. The summed E-state index contributed by atoms with van der Waals surface area (Å²) in [6.07, 6.45) is 2.90. The number of rotatable bonds is 6. The molecule has 21 heavy (non-hydrogen) atoms. The minimum atomic E-state index is -0.164. The molecule has 0 aromatic heterocycles. The summed E-state index contributed by atoms with van der Waals surface area (Å²) in [5.74, 6) is 1.03. The molecule has 1 heterocycles. The predicted octanol–water partition coefficient (Wildman–Crippen LogP) is 1.27. The third-order valence-electron chi connectivity index (χ3n) is 4.35. The fraction of sp³-hybridized carbons (Fsp3) is 0.867. The lowest BCUT2D eigenvalue weighted by molar-refractivity contribution is -0.133. The van der Waals surface area contributed by atoms with Crippen LogP contribution in [0.3, 0.4) is 0 Å². The van der Waals surface area contributed by atoms with Gasteiger partial charge in [0, 0.05) is 27.1 Å². The van der Waals surface area contributed by atoms with Crippen LogP contribution in [0.1, 0.15) is 33.1 Å². The van der Waals surface area contributed by atoms with Gasteiger partial charge < -0.3 is 15.5 Å². The summed E-state index contributed by atoms with van der Waals surface area (Å²) in [6.45, 7) is 6.62. The van der Waals surface area contributed by atoms with Crippen molar-refractivity contribution in [1.29, 1.82) is 0 Å². The molecule has 0 aromatic rings. The molecule has 0 aliphatic carbocycles.